The molecule has 2 rings (SSSR count). The quantitative estimate of drug-likeness (QED) is 0.930. The van der Waals surface area contributed by atoms with Crippen LogP contribution in [0.1, 0.15) is 34.9 Å². The molecule has 0 bridgehead atoms. The summed E-state index contributed by atoms with van der Waals surface area (Å²) in [6.07, 6.45) is 0. The number of thiazole rings is 1. The van der Waals surface area contributed by atoms with Crippen molar-refractivity contribution < 1.29 is 9.90 Å². The van der Waals surface area contributed by atoms with Gasteiger partial charge in [0.1, 0.15) is 5.01 Å². The fraction of sp³-hybridized carbons (Fsp3) is 0.231. The van der Waals surface area contributed by atoms with E-state index >= 15 is 0 Å². The van der Waals surface area contributed by atoms with Crippen molar-refractivity contribution in [1.29, 1.82) is 0 Å². The maximum Gasteiger partial charge on any atom is 0.355 e. The zero-order valence-corrected chi connectivity index (χ0v) is 11.5. The van der Waals surface area contributed by atoms with Crippen LogP contribution in [0.25, 0.3) is 0 Å². The van der Waals surface area contributed by atoms with E-state index < -0.39 is 5.97 Å². The monoisotopic (exact) mass is 281 g/mol. The van der Waals surface area contributed by atoms with Crippen LogP contribution in [-0.4, -0.2) is 16.1 Å². The molecule has 3 nitrogen and oxygen atoms in total. The molecule has 0 atom stereocenters. The van der Waals surface area contributed by atoms with Crippen molar-refractivity contribution in [2.24, 2.45) is 0 Å². The van der Waals surface area contributed by atoms with Crippen molar-refractivity contribution in [2.75, 3.05) is 0 Å². The van der Waals surface area contributed by atoms with Crippen LogP contribution in [0.4, 0.5) is 0 Å². The molecule has 18 heavy (non-hydrogen) atoms. The van der Waals surface area contributed by atoms with Crippen molar-refractivity contribution in [3.63, 3.8) is 0 Å². The molecule has 0 saturated heterocycles. The topological polar surface area (TPSA) is 50.2 Å². The van der Waals surface area contributed by atoms with Crippen LogP contribution < -0.4 is 0 Å². The molecule has 2 aromatic rings. The minimum atomic E-state index is -0.996. The average molecular weight is 282 g/mol. The number of nitrogens with zero attached hydrogens (tertiary/aromatic N) is 1. The molecule has 1 aromatic carbocycles. The normalized spacial score (nSPS) is 11.5. The third-order valence-corrected chi connectivity index (χ3v) is 4.24. The molecule has 0 unspecified atom stereocenters. The molecule has 1 N–H and O–H groups in total. The number of halogens is 1. The third kappa shape index (κ3) is 2.40. The average Bonchev–Trinajstić information content (AvgIpc) is 2.79. The van der Waals surface area contributed by atoms with Crippen LogP contribution in [0.2, 0.25) is 5.02 Å². The van der Waals surface area contributed by atoms with Gasteiger partial charge in [-0.15, -0.1) is 11.3 Å². The van der Waals surface area contributed by atoms with E-state index in [1.165, 1.54) is 11.3 Å². The van der Waals surface area contributed by atoms with Gasteiger partial charge in [-0.3, -0.25) is 0 Å². The van der Waals surface area contributed by atoms with Crippen LogP contribution in [0, 0.1) is 0 Å². The second-order valence-electron chi connectivity index (χ2n) is 4.47. The van der Waals surface area contributed by atoms with Crippen molar-refractivity contribution in [3.8, 4) is 0 Å². The first-order valence-corrected chi connectivity index (χ1v) is 6.62. The number of aromatic nitrogens is 1. The molecule has 5 heteroatoms. The first kappa shape index (κ1) is 13.1. The summed E-state index contributed by atoms with van der Waals surface area (Å²) < 4.78 is 0. The summed E-state index contributed by atoms with van der Waals surface area (Å²) >= 11 is 7.22. The lowest BCUT2D eigenvalue weighted by Gasteiger charge is -2.22. The molecule has 94 valence electrons. The van der Waals surface area contributed by atoms with Crippen molar-refractivity contribution >= 4 is 28.9 Å². The minimum absolute atomic E-state index is 0.0945. The van der Waals surface area contributed by atoms with Gasteiger partial charge in [0.2, 0.25) is 0 Å². The van der Waals surface area contributed by atoms with E-state index in [-0.39, 0.29) is 11.1 Å². The maximum atomic E-state index is 10.8. The highest BCUT2D eigenvalue weighted by atomic mass is 35.5. The smallest absolute Gasteiger partial charge is 0.355 e. The molecule has 0 amide bonds. The molecule has 0 fully saturated rings. The van der Waals surface area contributed by atoms with Gasteiger partial charge >= 0.3 is 5.97 Å². The van der Waals surface area contributed by atoms with Gasteiger partial charge < -0.3 is 5.11 Å². The number of benzene rings is 1. The number of carboxylic acids is 1. The van der Waals surface area contributed by atoms with E-state index in [1.807, 2.05) is 38.1 Å². The molecule has 0 saturated carbocycles. The van der Waals surface area contributed by atoms with Gasteiger partial charge in [0.25, 0.3) is 0 Å². The van der Waals surface area contributed by atoms with Gasteiger partial charge in [0, 0.05) is 15.8 Å². The Morgan fingerprint density at radius 3 is 2.44 bits per heavy atom. The van der Waals surface area contributed by atoms with Crippen molar-refractivity contribution in [3.05, 3.63) is 50.9 Å². The Labute approximate surface area is 114 Å². The SMILES string of the molecule is CC(C)(c1ccc(Cl)cc1)c1nc(C(=O)O)cs1. The van der Waals surface area contributed by atoms with Crippen LogP contribution in [0.5, 0.6) is 0 Å². The lowest BCUT2D eigenvalue weighted by atomic mass is 9.85. The minimum Gasteiger partial charge on any atom is -0.476 e. The summed E-state index contributed by atoms with van der Waals surface area (Å²) in [5.41, 5.74) is 0.818. The number of aromatic carboxylic acids is 1. The molecule has 0 aliphatic heterocycles. The van der Waals surface area contributed by atoms with Crippen LogP contribution in [0.15, 0.2) is 29.6 Å². The molecule has 1 aromatic heterocycles. The molecular formula is C13H12ClNO2S. The number of hydrogen-bond acceptors (Lipinski definition) is 3. The zero-order valence-electron chi connectivity index (χ0n) is 9.98. The predicted molar refractivity (Wildman–Crippen MR) is 72.7 cm³/mol. The Morgan fingerprint density at radius 2 is 1.94 bits per heavy atom. The fourth-order valence-corrected chi connectivity index (χ4v) is 2.72. The molecule has 0 spiro atoms. The highest BCUT2D eigenvalue weighted by Gasteiger charge is 2.27. The number of hydrogen-bond donors (Lipinski definition) is 1. The van der Waals surface area contributed by atoms with Gasteiger partial charge in [-0.05, 0) is 31.5 Å². The molecular weight excluding hydrogens is 270 g/mol. The lowest BCUT2D eigenvalue weighted by Crippen LogP contribution is -2.18. The zero-order chi connectivity index (χ0) is 13.3. The number of rotatable bonds is 3. The summed E-state index contributed by atoms with van der Waals surface area (Å²) in [6.45, 7) is 4.03. The molecule has 0 radical (unpaired) electrons. The highest BCUT2D eigenvalue weighted by molar-refractivity contribution is 7.10. The van der Waals surface area contributed by atoms with E-state index in [1.54, 1.807) is 5.38 Å². The van der Waals surface area contributed by atoms with Crippen molar-refractivity contribution in [2.45, 2.75) is 19.3 Å². The van der Waals surface area contributed by atoms with E-state index in [9.17, 15) is 4.79 Å². The van der Waals surface area contributed by atoms with E-state index in [0.717, 1.165) is 10.6 Å². The molecule has 0 aliphatic rings. The fourth-order valence-electron chi connectivity index (χ4n) is 1.65. The Kier molecular flexibility index (Phi) is 3.41. The first-order valence-electron chi connectivity index (χ1n) is 5.36. The van der Waals surface area contributed by atoms with Crippen LogP contribution in [-0.2, 0) is 5.41 Å². The Morgan fingerprint density at radius 1 is 1.33 bits per heavy atom. The Balaban J connectivity index is 2.40. The van der Waals surface area contributed by atoms with E-state index in [0.29, 0.717) is 5.02 Å². The van der Waals surface area contributed by atoms with Crippen LogP contribution >= 0.6 is 22.9 Å². The highest BCUT2D eigenvalue weighted by Crippen LogP contribution is 2.33. The predicted octanol–water partition coefficient (Wildman–Crippen LogP) is 3.82. The summed E-state index contributed by atoms with van der Waals surface area (Å²) in [6, 6.07) is 7.52. The van der Waals surface area contributed by atoms with Crippen LogP contribution in [0.3, 0.4) is 0 Å². The first-order chi connectivity index (χ1) is 8.41. The summed E-state index contributed by atoms with van der Waals surface area (Å²) in [4.78, 5) is 15.0. The van der Waals surface area contributed by atoms with E-state index in [2.05, 4.69) is 4.98 Å². The Hall–Kier alpha value is -1.39. The van der Waals surface area contributed by atoms with E-state index in [4.69, 9.17) is 16.7 Å². The summed E-state index contributed by atoms with van der Waals surface area (Å²) in [5.74, 6) is -0.996. The molecule has 1 heterocycles. The summed E-state index contributed by atoms with van der Waals surface area (Å²) in [5, 5.41) is 11.9. The van der Waals surface area contributed by atoms with Gasteiger partial charge in [-0.25, -0.2) is 9.78 Å². The maximum absolute atomic E-state index is 10.8. The van der Waals surface area contributed by atoms with Gasteiger partial charge in [0.15, 0.2) is 5.69 Å². The second-order valence-corrected chi connectivity index (χ2v) is 5.77. The largest absolute Gasteiger partial charge is 0.476 e. The standard InChI is InChI=1S/C13H12ClNO2S/c1-13(2,8-3-5-9(14)6-4-8)12-15-10(7-18-12)11(16)17/h3-7H,1-2H3,(H,16,17). The Bertz CT molecular complexity index is 575. The number of carbonyl (C=O) groups is 1. The van der Waals surface area contributed by atoms with Gasteiger partial charge in [-0.2, -0.15) is 0 Å². The molecule has 0 aliphatic carbocycles. The van der Waals surface area contributed by atoms with Crippen molar-refractivity contribution in [1.82, 2.24) is 4.98 Å². The number of carboxylic acid groups (broad SMARTS) is 1. The van der Waals surface area contributed by atoms with Gasteiger partial charge in [0.05, 0.1) is 0 Å². The van der Waals surface area contributed by atoms with Gasteiger partial charge in [-0.1, -0.05) is 23.7 Å². The summed E-state index contributed by atoms with van der Waals surface area (Å²) in [7, 11) is 0. The lowest BCUT2D eigenvalue weighted by molar-refractivity contribution is 0.0691. The second kappa shape index (κ2) is 4.71. The third-order valence-electron chi connectivity index (χ3n) is 2.82.